The van der Waals surface area contributed by atoms with E-state index in [0.717, 1.165) is 24.5 Å². The molecule has 0 saturated carbocycles. The third-order valence-corrected chi connectivity index (χ3v) is 9.07. The Hall–Kier alpha value is -5.44. The van der Waals surface area contributed by atoms with E-state index in [2.05, 4.69) is 0 Å². The van der Waals surface area contributed by atoms with Crippen LogP contribution in [0.2, 0.25) is 0 Å². The quantitative estimate of drug-likeness (QED) is 0.0648. The summed E-state index contributed by atoms with van der Waals surface area (Å²) in [5.41, 5.74) is 2.78. The minimum atomic E-state index is -1.69. The first-order chi connectivity index (χ1) is 28.2. The van der Waals surface area contributed by atoms with Crippen LogP contribution in [0.4, 0.5) is 0 Å². The van der Waals surface area contributed by atoms with Gasteiger partial charge in [0.05, 0.1) is 38.6 Å². The molecule has 7 atom stereocenters. The summed E-state index contributed by atoms with van der Waals surface area (Å²) < 4.78 is 26.7. The van der Waals surface area contributed by atoms with E-state index < -0.39 is 61.5 Å². The van der Waals surface area contributed by atoms with Crippen LogP contribution < -0.4 is 0 Å². The summed E-state index contributed by atoms with van der Waals surface area (Å²) in [7, 11) is 1.16. The Morgan fingerprint density at radius 1 is 0.729 bits per heavy atom. The first-order valence-corrected chi connectivity index (χ1v) is 18.4. The number of carbonyl (C=O) groups excluding carboxylic acids is 2. The average Bonchev–Trinajstić information content (AvgIpc) is 3.22. The van der Waals surface area contributed by atoms with Crippen LogP contribution >= 0.6 is 0 Å². The van der Waals surface area contributed by atoms with Crippen molar-refractivity contribution in [2.24, 2.45) is 5.92 Å². The number of aliphatic hydroxyl groups excluding tert-OH is 6. The minimum Gasteiger partial charge on any atom is -0.508 e. The average molecular weight is 833 g/mol. The second kappa shape index (κ2) is 23.8. The molecule has 0 bridgehead atoms. The lowest BCUT2D eigenvalue weighted by Crippen LogP contribution is -2.60. The van der Waals surface area contributed by atoms with Gasteiger partial charge in [0, 0.05) is 31.1 Å². The van der Waals surface area contributed by atoms with Crippen LogP contribution in [-0.4, -0.2) is 139 Å². The van der Waals surface area contributed by atoms with Crippen LogP contribution in [0.15, 0.2) is 84.1 Å². The SMILES string of the molecule is C/C=C1/[C@H](O[C@@H]2O[C@H](CO)[C@@H](O)[C@H](O)[C@H]2O)OC=C(C(=O)OC)[C@H]1CC(=O)OCCc1ccc(O)c(O)c1.OCCc1ccc(O)c(O)c1.OCCc1ccc(O)cc1. The fraction of sp³-hybridized carbons (Fsp3) is 0.415. The molecule has 1 saturated heterocycles. The van der Waals surface area contributed by atoms with Crippen molar-refractivity contribution in [1.29, 1.82) is 0 Å². The summed E-state index contributed by atoms with van der Waals surface area (Å²) in [6.07, 6.45) is -5.25. The molecule has 0 aliphatic carbocycles. The number of carbonyl (C=O) groups is 2. The zero-order chi connectivity index (χ0) is 43.6. The molecule has 59 heavy (non-hydrogen) atoms. The van der Waals surface area contributed by atoms with Gasteiger partial charge in [-0.25, -0.2) is 4.79 Å². The van der Waals surface area contributed by atoms with Gasteiger partial charge in [0.2, 0.25) is 6.29 Å². The number of hydrogen-bond acceptors (Lipinski definition) is 18. The standard InChI is InChI=1S/C25H32O13.C8H10O3.C8H10O2/c1-3-13-14(9-19(29)35-7-6-12-4-5-16(27)17(28)8-12)15(23(33)34-2)11-36-24(13)38-25-22(32)21(31)20(30)18(10-26)37-25;9-4-3-6-1-2-7(10)8(11)5-6;9-6-5-7-1-3-8(10)4-2-7/h3-5,8,11,14,18,20-22,24-28,30-32H,6-7,9-10H2,1-2H3;1-2,5,9-11H,3-4H2;1-4,9-10H,5-6H2/b13-3+;;/t14-,18+,20+,21-,22+,24-,25-;;/m0../s1. The Kier molecular flexibility index (Phi) is 19.4. The van der Waals surface area contributed by atoms with E-state index in [1.54, 1.807) is 49.4 Å². The molecule has 3 aromatic rings. The molecule has 0 radical (unpaired) electrons. The molecule has 18 heteroatoms. The number of methoxy groups -OCH3 is 1. The number of rotatable bonds is 13. The Morgan fingerprint density at radius 2 is 1.29 bits per heavy atom. The van der Waals surface area contributed by atoms with Crippen LogP contribution in [0.25, 0.3) is 0 Å². The van der Waals surface area contributed by atoms with Gasteiger partial charge < -0.3 is 79.9 Å². The molecule has 0 unspecified atom stereocenters. The number of phenols is 5. The number of allylic oxidation sites excluding steroid dienone is 1. The summed E-state index contributed by atoms with van der Waals surface area (Å²) in [5, 5.41) is 103. The monoisotopic (exact) mass is 832 g/mol. The second-order valence-corrected chi connectivity index (χ2v) is 13.1. The molecule has 2 aliphatic heterocycles. The minimum absolute atomic E-state index is 0.00894. The van der Waals surface area contributed by atoms with E-state index in [4.69, 9.17) is 49.2 Å². The molecular formula is C41H52O18. The van der Waals surface area contributed by atoms with E-state index in [-0.39, 0.29) is 67.0 Å². The summed E-state index contributed by atoms with van der Waals surface area (Å²) >= 11 is 0. The van der Waals surface area contributed by atoms with Crippen LogP contribution in [-0.2, 0) is 52.5 Å². The molecule has 324 valence electrons. The molecule has 2 aliphatic rings. The van der Waals surface area contributed by atoms with E-state index in [9.17, 15) is 40.2 Å². The lowest BCUT2D eigenvalue weighted by molar-refractivity contribution is -0.327. The zero-order valence-corrected chi connectivity index (χ0v) is 32.4. The van der Waals surface area contributed by atoms with Gasteiger partial charge >= 0.3 is 11.9 Å². The van der Waals surface area contributed by atoms with Crippen molar-refractivity contribution in [1.82, 2.24) is 0 Å². The van der Waals surface area contributed by atoms with Gasteiger partial charge in [0.15, 0.2) is 29.3 Å². The maximum Gasteiger partial charge on any atom is 0.337 e. The lowest BCUT2D eigenvalue weighted by atomic mass is 9.86. The van der Waals surface area contributed by atoms with Crippen molar-refractivity contribution in [3.63, 3.8) is 0 Å². The molecule has 0 aromatic heterocycles. The van der Waals surface area contributed by atoms with Gasteiger partial charge in [-0.1, -0.05) is 30.3 Å². The largest absolute Gasteiger partial charge is 0.508 e. The van der Waals surface area contributed by atoms with Crippen molar-refractivity contribution in [2.45, 2.75) is 69.6 Å². The topological polar surface area (TPSA) is 303 Å². The highest BCUT2D eigenvalue weighted by Crippen LogP contribution is 2.36. The molecule has 3 aromatic carbocycles. The molecule has 11 N–H and O–H groups in total. The highest BCUT2D eigenvalue weighted by Gasteiger charge is 2.47. The third-order valence-electron chi connectivity index (χ3n) is 9.07. The van der Waals surface area contributed by atoms with E-state index in [1.165, 1.54) is 24.3 Å². The highest BCUT2D eigenvalue weighted by atomic mass is 16.8. The number of esters is 2. The van der Waals surface area contributed by atoms with Gasteiger partial charge in [0.1, 0.15) is 30.2 Å². The van der Waals surface area contributed by atoms with Gasteiger partial charge in [0.25, 0.3) is 0 Å². The van der Waals surface area contributed by atoms with E-state index in [0.29, 0.717) is 24.0 Å². The number of phenolic OH excluding ortho intramolecular Hbond substituents is 5. The third kappa shape index (κ3) is 14.1. The van der Waals surface area contributed by atoms with E-state index in [1.807, 2.05) is 0 Å². The summed E-state index contributed by atoms with van der Waals surface area (Å²) in [6, 6.07) is 15.6. The molecule has 18 nitrogen and oxygen atoms in total. The number of hydrogen-bond donors (Lipinski definition) is 11. The Balaban J connectivity index is 0.000000357. The van der Waals surface area contributed by atoms with E-state index >= 15 is 0 Å². The summed E-state index contributed by atoms with van der Waals surface area (Å²) in [6.45, 7) is 1.12. The van der Waals surface area contributed by atoms with Crippen LogP contribution in [0.3, 0.4) is 0 Å². The fourth-order valence-electron chi connectivity index (χ4n) is 5.80. The normalized spacial score (nSPS) is 23.0. The van der Waals surface area contributed by atoms with Gasteiger partial charge in [-0.15, -0.1) is 0 Å². The summed E-state index contributed by atoms with van der Waals surface area (Å²) in [4.78, 5) is 25.1. The first-order valence-electron chi connectivity index (χ1n) is 18.4. The molecule has 1 fully saturated rings. The second-order valence-electron chi connectivity index (χ2n) is 13.1. The molecule has 0 amide bonds. The molecular weight excluding hydrogens is 780 g/mol. The van der Waals surface area contributed by atoms with Crippen molar-refractivity contribution in [3.8, 4) is 28.7 Å². The number of aromatic hydroxyl groups is 5. The smallest absolute Gasteiger partial charge is 0.337 e. The van der Waals surface area contributed by atoms with Crippen molar-refractivity contribution in [2.75, 3.05) is 33.5 Å². The Morgan fingerprint density at radius 3 is 1.81 bits per heavy atom. The Labute approximate surface area is 339 Å². The maximum absolute atomic E-state index is 12.7. The van der Waals surface area contributed by atoms with Crippen LogP contribution in [0.5, 0.6) is 28.7 Å². The van der Waals surface area contributed by atoms with Crippen molar-refractivity contribution in [3.05, 3.63) is 101 Å². The zero-order valence-electron chi connectivity index (χ0n) is 32.4. The van der Waals surface area contributed by atoms with Crippen LogP contribution in [0.1, 0.15) is 30.0 Å². The van der Waals surface area contributed by atoms with Crippen molar-refractivity contribution >= 4 is 11.9 Å². The van der Waals surface area contributed by atoms with Gasteiger partial charge in [-0.3, -0.25) is 4.79 Å². The van der Waals surface area contributed by atoms with Crippen molar-refractivity contribution < 1.29 is 89.4 Å². The number of aliphatic hydroxyl groups is 6. The molecule has 0 spiro atoms. The van der Waals surface area contributed by atoms with Gasteiger partial charge in [-0.2, -0.15) is 0 Å². The maximum atomic E-state index is 12.7. The first kappa shape index (κ1) is 47.9. The molecule has 5 rings (SSSR count). The Bertz CT molecular complexity index is 1840. The number of ether oxygens (including phenoxy) is 5. The number of benzene rings is 3. The fourth-order valence-corrected chi connectivity index (χ4v) is 5.80. The molecule has 2 heterocycles. The summed E-state index contributed by atoms with van der Waals surface area (Å²) in [5.74, 6) is -2.90. The lowest BCUT2D eigenvalue weighted by Gasteiger charge is -2.41. The predicted molar refractivity (Wildman–Crippen MR) is 206 cm³/mol. The van der Waals surface area contributed by atoms with Crippen LogP contribution in [0, 0.1) is 5.92 Å². The van der Waals surface area contributed by atoms with Gasteiger partial charge in [-0.05, 0) is 72.9 Å². The highest BCUT2D eigenvalue weighted by molar-refractivity contribution is 5.90. The predicted octanol–water partition coefficient (Wildman–Crippen LogP) is 0.925.